The third-order valence-corrected chi connectivity index (χ3v) is 5.96. The lowest BCUT2D eigenvalue weighted by atomic mass is 9.71. The van der Waals surface area contributed by atoms with E-state index >= 15 is 0 Å². The van der Waals surface area contributed by atoms with Crippen LogP contribution in [-0.2, 0) is 14.8 Å². The number of hydrogen-bond acceptors (Lipinski definition) is 4. The number of nitrogens with zero attached hydrogens (tertiary/aromatic N) is 1. The molecule has 130 valence electrons. The molecule has 1 N–H and O–H groups in total. The fourth-order valence-corrected chi connectivity index (χ4v) is 4.98. The molecule has 1 heterocycles. The zero-order valence-corrected chi connectivity index (χ0v) is 15.0. The highest BCUT2D eigenvalue weighted by atomic mass is 32.2. The first kappa shape index (κ1) is 18.2. The number of hydrogen-bond donors (Lipinski definition) is 1. The second kappa shape index (κ2) is 8.08. The quantitative estimate of drug-likeness (QED) is 0.774. The lowest BCUT2D eigenvalue weighted by Gasteiger charge is -2.43. The van der Waals surface area contributed by atoms with Crippen LogP contribution in [0.15, 0.2) is 0 Å². The van der Waals surface area contributed by atoms with Crippen molar-refractivity contribution in [3.8, 4) is 0 Å². The zero-order chi connectivity index (χ0) is 16.1. The molecular weight excluding hydrogens is 300 g/mol. The summed E-state index contributed by atoms with van der Waals surface area (Å²) in [6.07, 6.45) is 11.0. The second-order valence-electron chi connectivity index (χ2n) is 7.27. The smallest absolute Gasteiger partial charge is 0.208 e. The van der Waals surface area contributed by atoms with Crippen molar-refractivity contribution < 1.29 is 13.2 Å². The Morgan fingerprint density at radius 2 is 1.95 bits per heavy atom. The summed E-state index contributed by atoms with van der Waals surface area (Å²) >= 11 is 0. The van der Waals surface area contributed by atoms with Crippen molar-refractivity contribution in [2.45, 2.75) is 57.4 Å². The van der Waals surface area contributed by atoms with Crippen molar-refractivity contribution in [2.24, 2.45) is 5.41 Å². The van der Waals surface area contributed by atoms with Gasteiger partial charge in [-0.1, -0.05) is 19.3 Å². The minimum Gasteiger partial charge on any atom is -0.385 e. The van der Waals surface area contributed by atoms with Crippen molar-refractivity contribution in [3.63, 3.8) is 0 Å². The molecule has 2 rings (SSSR count). The predicted molar refractivity (Wildman–Crippen MR) is 89.5 cm³/mol. The Morgan fingerprint density at radius 3 is 2.59 bits per heavy atom. The first-order valence-electron chi connectivity index (χ1n) is 8.61. The summed E-state index contributed by atoms with van der Waals surface area (Å²) in [5.41, 5.74) is 0.376. The van der Waals surface area contributed by atoms with E-state index in [1.165, 1.54) is 38.4 Å². The Balaban J connectivity index is 1.93. The lowest BCUT2D eigenvalue weighted by molar-refractivity contribution is 0.0502. The van der Waals surface area contributed by atoms with E-state index in [2.05, 4.69) is 9.62 Å². The molecule has 0 aromatic heterocycles. The minimum absolute atomic E-state index is 0.0758. The number of piperidine rings is 1. The van der Waals surface area contributed by atoms with Crippen LogP contribution in [0.1, 0.15) is 51.4 Å². The number of nitrogens with one attached hydrogen (secondary N) is 1. The SMILES string of the molecule is COCCC1(CN2CCC[C@H](NS(C)(=O)=O)C2)CCCCC1. The van der Waals surface area contributed by atoms with Crippen LogP contribution in [0.25, 0.3) is 0 Å². The number of ether oxygens (including phenoxy) is 1. The summed E-state index contributed by atoms with van der Waals surface area (Å²) < 4.78 is 31.0. The molecule has 1 aliphatic heterocycles. The molecule has 22 heavy (non-hydrogen) atoms. The van der Waals surface area contributed by atoms with Crippen LogP contribution in [-0.4, -0.2) is 59.0 Å². The summed E-state index contributed by atoms with van der Waals surface area (Å²) in [7, 11) is -1.33. The van der Waals surface area contributed by atoms with E-state index in [0.29, 0.717) is 5.41 Å². The van der Waals surface area contributed by atoms with E-state index in [1.807, 2.05) is 0 Å². The Bertz CT molecular complexity index is 433. The van der Waals surface area contributed by atoms with Gasteiger partial charge in [-0.15, -0.1) is 0 Å². The van der Waals surface area contributed by atoms with Gasteiger partial charge < -0.3 is 9.64 Å². The van der Waals surface area contributed by atoms with Gasteiger partial charge in [-0.2, -0.15) is 0 Å². The molecule has 2 aliphatic rings. The van der Waals surface area contributed by atoms with Crippen molar-refractivity contribution in [2.75, 3.05) is 39.6 Å². The Kier molecular flexibility index (Phi) is 6.68. The molecule has 1 saturated heterocycles. The summed E-state index contributed by atoms with van der Waals surface area (Å²) in [5, 5.41) is 0. The molecule has 0 bridgehead atoms. The molecule has 6 heteroatoms. The average Bonchev–Trinajstić information content (AvgIpc) is 2.45. The van der Waals surface area contributed by atoms with E-state index < -0.39 is 10.0 Å². The fourth-order valence-electron chi connectivity index (χ4n) is 4.18. The van der Waals surface area contributed by atoms with Gasteiger partial charge in [0.2, 0.25) is 10.0 Å². The van der Waals surface area contributed by atoms with E-state index in [-0.39, 0.29) is 6.04 Å². The molecular formula is C16H32N2O3S. The number of sulfonamides is 1. The van der Waals surface area contributed by atoms with Crippen LogP contribution in [0, 0.1) is 5.41 Å². The molecule has 0 aromatic rings. The Labute approximate surface area is 135 Å². The van der Waals surface area contributed by atoms with Crippen molar-refractivity contribution >= 4 is 10.0 Å². The maximum atomic E-state index is 11.5. The first-order valence-corrected chi connectivity index (χ1v) is 10.5. The molecule has 1 aliphatic carbocycles. The molecule has 0 spiro atoms. The first-order chi connectivity index (χ1) is 10.4. The van der Waals surface area contributed by atoms with Gasteiger partial charge in [-0.3, -0.25) is 0 Å². The fraction of sp³-hybridized carbons (Fsp3) is 1.00. The van der Waals surface area contributed by atoms with E-state index in [0.717, 1.165) is 45.5 Å². The summed E-state index contributed by atoms with van der Waals surface area (Å²) in [5.74, 6) is 0. The second-order valence-corrected chi connectivity index (χ2v) is 9.05. The standard InChI is InChI=1S/C16H32N2O3S/c1-21-12-10-16(8-4-3-5-9-16)14-18-11-6-7-15(13-18)17-22(2,19)20/h15,17H,3-14H2,1-2H3/t15-/m0/s1. The molecule has 0 amide bonds. The molecule has 5 nitrogen and oxygen atoms in total. The van der Waals surface area contributed by atoms with E-state index in [1.54, 1.807) is 7.11 Å². The highest BCUT2D eigenvalue weighted by Crippen LogP contribution is 2.40. The lowest BCUT2D eigenvalue weighted by Crippen LogP contribution is -2.50. The third-order valence-electron chi connectivity index (χ3n) is 5.20. The molecule has 2 fully saturated rings. The van der Waals surface area contributed by atoms with Gasteiger partial charge in [0.15, 0.2) is 0 Å². The van der Waals surface area contributed by atoms with Crippen LogP contribution >= 0.6 is 0 Å². The van der Waals surface area contributed by atoms with Gasteiger partial charge in [-0.25, -0.2) is 13.1 Å². The van der Waals surface area contributed by atoms with Crippen molar-refractivity contribution in [3.05, 3.63) is 0 Å². The van der Waals surface area contributed by atoms with Crippen LogP contribution in [0.4, 0.5) is 0 Å². The normalized spacial score (nSPS) is 26.9. The Morgan fingerprint density at radius 1 is 1.23 bits per heavy atom. The van der Waals surface area contributed by atoms with Crippen LogP contribution < -0.4 is 4.72 Å². The Hall–Kier alpha value is -0.170. The van der Waals surface area contributed by atoms with Crippen molar-refractivity contribution in [1.82, 2.24) is 9.62 Å². The van der Waals surface area contributed by atoms with Crippen LogP contribution in [0.3, 0.4) is 0 Å². The highest BCUT2D eigenvalue weighted by Gasteiger charge is 2.35. The highest BCUT2D eigenvalue weighted by molar-refractivity contribution is 7.88. The van der Waals surface area contributed by atoms with Gasteiger partial charge in [0.05, 0.1) is 6.26 Å². The van der Waals surface area contributed by atoms with Gasteiger partial charge in [-0.05, 0) is 44.1 Å². The number of likely N-dealkylation sites (tertiary alicyclic amines) is 1. The minimum atomic E-state index is -3.11. The van der Waals surface area contributed by atoms with Crippen LogP contribution in [0.5, 0.6) is 0 Å². The summed E-state index contributed by atoms with van der Waals surface area (Å²) in [6.45, 7) is 3.87. The van der Waals surface area contributed by atoms with Gasteiger partial charge in [0.1, 0.15) is 0 Å². The van der Waals surface area contributed by atoms with Gasteiger partial charge >= 0.3 is 0 Å². The molecule has 0 aromatic carbocycles. The average molecular weight is 333 g/mol. The topological polar surface area (TPSA) is 58.6 Å². The maximum Gasteiger partial charge on any atom is 0.208 e. The van der Waals surface area contributed by atoms with Gasteiger partial charge in [0.25, 0.3) is 0 Å². The zero-order valence-electron chi connectivity index (χ0n) is 14.1. The van der Waals surface area contributed by atoms with E-state index in [9.17, 15) is 8.42 Å². The molecule has 1 atom stereocenters. The molecule has 0 radical (unpaired) electrons. The number of methoxy groups -OCH3 is 1. The van der Waals surface area contributed by atoms with E-state index in [4.69, 9.17) is 4.74 Å². The van der Waals surface area contributed by atoms with Gasteiger partial charge in [0, 0.05) is 32.8 Å². The summed E-state index contributed by atoms with van der Waals surface area (Å²) in [4.78, 5) is 2.48. The molecule has 1 saturated carbocycles. The largest absolute Gasteiger partial charge is 0.385 e. The molecule has 0 unspecified atom stereocenters. The monoisotopic (exact) mass is 332 g/mol. The summed E-state index contributed by atoms with van der Waals surface area (Å²) in [6, 6.07) is 0.0758. The predicted octanol–water partition coefficient (Wildman–Crippen LogP) is 1.99. The maximum absolute atomic E-state index is 11.5. The third kappa shape index (κ3) is 5.80. The van der Waals surface area contributed by atoms with Crippen molar-refractivity contribution in [1.29, 1.82) is 0 Å². The van der Waals surface area contributed by atoms with Crippen LogP contribution in [0.2, 0.25) is 0 Å². The number of rotatable bonds is 7.